The van der Waals surface area contributed by atoms with Crippen molar-refractivity contribution in [3.8, 4) is 0 Å². The van der Waals surface area contributed by atoms with Gasteiger partial charge in [0.1, 0.15) is 0 Å². The first-order chi connectivity index (χ1) is 6.74. The van der Waals surface area contributed by atoms with Gasteiger partial charge < -0.3 is 10.6 Å². The topological polar surface area (TPSA) is 42.1 Å². The van der Waals surface area contributed by atoms with Gasteiger partial charge in [-0.05, 0) is 31.0 Å². The second-order valence-electron chi connectivity index (χ2n) is 3.76. The van der Waals surface area contributed by atoms with Crippen LogP contribution in [0, 0.1) is 5.92 Å². The Kier molecular flexibility index (Phi) is 4.40. The standard InChI is InChI=1S/C11H19N3/c1-10(8-12)5-7-14(2)11-4-3-6-13-9-11/h3-4,6,9-10H,5,7-8,12H2,1-2H3. The summed E-state index contributed by atoms with van der Waals surface area (Å²) in [7, 11) is 2.08. The number of rotatable bonds is 5. The van der Waals surface area contributed by atoms with Crippen molar-refractivity contribution in [2.75, 3.05) is 25.0 Å². The van der Waals surface area contributed by atoms with Crippen molar-refractivity contribution in [2.24, 2.45) is 11.7 Å². The van der Waals surface area contributed by atoms with Crippen LogP contribution in [0.4, 0.5) is 5.69 Å². The van der Waals surface area contributed by atoms with Gasteiger partial charge >= 0.3 is 0 Å². The molecule has 1 heterocycles. The second kappa shape index (κ2) is 5.60. The van der Waals surface area contributed by atoms with Crippen molar-refractivity contribution in [2.45, 2.75) is 13.3 Å². The van der Waals surface area contributed by atoms with Crippen LogP contribution < -0.4 is 10.6 Å². The maximum Gasteiger partial charge on any atom is 0.0550 e. The molecule has 3 heteroatoms. The summed E-state index contributed by atoms with van der Waals surface area (Å²) < 4.78 is 0. The number of nitrogens with two attached hydrogens (primary N) is 1. The highest BCUT2D eigenvalue weighted by atomic mass is 15.1. The first kappa shape index (κ1) is 11.0. The van der Waals surface area contributed by atoms with Gasteiger partial charge in [0.05, 0.1) is 11.9 Å². The highest BCUT2D eigenvalue weighted by Gasteiger charge is 2.03. The van der Waals surface area contributed by atoms with Crippen LogP contribution in [0.3, 0.4) is 0 Å². The number of nitrogens with zero attached hydrogens (tertiary/aromatic N) is 2. The third-order valence-electron chi connectivity index (χ3n) is 2.45. The summed E-state index contributed by atoms with van der Waals surface area (Å²) in [5, 5.41) is 0. The van der Waals surface area contributed by atoms with Gasteiger partial charge in [-0.15, -0.1) is 0 Å². The second-order valence-corrected chi connectivity index (χ2v) is 3.76. The molecule has 0 aliphatic rings. The molecule has 78 valence electrons. The molecule has 0 amide bonds. The van der Waals surface area contributed by atoms with E-state index in [1.807, 2.05) is 12.3 Å². The fraction of sp³-hybridized carbons (Fsp3) is 0.545. The lowest BCUT2D eigenvalue weighted by Crippen LogP contribution is -2.22. The molecule has 0 fully saturated rings. The van der Waals surface area contributed by atoms with Crippen LogP contribution in [0.2, 0.25) is 0 Å². The molecular formula is C11H19N3. The molecule has 14 heavy (non-hydrogen) atoms. The third-order valence-corrected chi connectivity index (χ3v) is 2.45. The molecule has 0 aliphatic carbocycles. The van der Waals surface area contributed by atoms with Crippen molar-refractivity contribution < 1.29 is 0 Å². The summed E-state index contributed by atoms with van der Waals surface area (Å²) in [6.07, 6.45) is 4.80. The lowest BCUT2D eigenvalue weighted by Gasteiger charge is -2.20. The lowest BCUT2D eigenvalue weighted by molar-refractivity contribution is 0.545. The predicted molar refractivity (Wildman–Crippen MR) is 60.3 cm³/mol. The molecule has 2 N–H and O–H groups in total. The summed E-state index contributed by atoms with van der Waals surface area (Å²) in [6, 6.07) is 4.03. The molecule has 0 spiro atoms. The Morgan fingerprint density at radius 2 is 2.36 bits per heavy atom. The summed E-state index contributed by atoms with van der Waals surface area (Å²) in [5.74, 6) is 0.592. The lowest BCUT2D eigenvalue weighted by atomic mass is 10.1. The minimum atomic E-state index is 0.592. The average Bonchev–Trinajstić information content (AvgIpc) is 2.26. The third kappa shape index (κ3) is 3.34. The van der Waals surface area contributed by atoms with Crippen molar-refractivity contribution in [1.82, 2.24) is 4.98 Å². The van der Waals surface area contributed by atoms with Gasteiger partial charge in [-0.25, -0.2) is 0 Å². The molecular weight excluding hydrogens is 174 g/mol. The zero-order valence-electron chi connectivity index (χ0n) is 8.98. The van der Waals surface area contributed by atoms with Gasteiger partial charge in [-0.1, -0.05) is 6.92 Å². The van der Waals surface area contributed by atoms with E-state index in [1.54, 1.807) is 6.20 Å². The Balaban J connectivity index is 2.39. The molecule has 0 saturated heterocycles. The van der Waals surface area contributed by atoms with Gasteiger partial charge in [0.25, 0.3) is 0 Å². The van der Waals surface area contributed by atoms with E-state index in [4.69, 9.17) is 5.73 Å². The fourth-order valence-electron chi connectivity index (χ4n) is 1.24. The zero-order chi connectivity index (χ0) is 10.4. The molecule has 0 aromatic carbocycles. The monoisotopic (exact) mass is 193 g/mol. The van der Waals surface area contributed by atoms with E-state index in [0.717, 1.165) is 25.2 Å². The minimum absolute atomic E-state index is 0.592. The fourth-order valence-corrected chi connectivity index (χ4v) is 1.24. The van der Waals surface area contributed by atoms with E-state index in [9.17, 15) is 0 Å². The van der Waals surface area contributed by atoms with Crippen LogP contribution in [0.1, 0.15) is 13.3 Å². The number of anilines is 1. The molecule has 1 aromatic rings. The van der Waals surface area contributed by atoms with E-state index in [-0.39, 0.29) is 0 Å². The van der Waals surface area contributed by atoms with Gasteiger partial charge in [0, 0.05) is 19.8 Å². The van der Waals surface area contributed by atoms with E-state index >= 15 is 0 Å². The molecule has 0 radical (unpaired) electrons. The number of hydrogen-bond donors (Lipinski definition) is 1. The maximum atomic E-state index is 5.57. The molecule has 0 saturated carbocycles. The summed E-state index contributed by atoms with van der Waals surface area (Å²) in [4.78, 5) is 6.29. The molecule has 1 atom stereocenters. The number of hydrogen-bond acceptors (Lipinski definition) is 3. The molecule has 0 bridgehead atoms. The van der Waals surface area contributed by atoms with Crippen LogP contribution >= 0.6 is 0 Å². The Morgan fingerprint density at radius 3 is 2.93 bits per heavy atom. The van der Waals surface area contributed by atoms with Crippen LogP contribution in [-0.2, 0) is 0 Å². The van der Waals surface area contributed by atoms with Gasteiger partial charge in [-0.3, -0.25) is 4.98 Å². The normalized spacial score (nSPS) is 12.5. The first-order valence-electron chi connectivity index (χ1n) is 5.05. The van der Waals surface area contributed by atoms with Gasteiger partial charge in [-0.2, -0.15) is 0 Å². The van der Waals surface area contributed by atoms with E-state index < -0.39 is 0 Å². The smallest absolute Gasteiger partial charge is 0.0550 e. The van der Waals surface area contributed by atoms with Crippen LogP contribution in [0.5, 0.6) is 0 Å². The number of aromatic nitrogens is 1. The summed E-state index contributed by atoms with van der Waals surface area (Å²) >= 11 is 0. The molecule has 1 aromatic heterocycles. The van der Waals surface area contributed by atoms with Crippen LogP contribution in [0.15, 0.2) is 24.5 Å². The first-order valence-corrected chi connectivity index (χ1v) is 5.05. The Morgan fingerprint density at radius 1 is 1.57 bits per heavy atom. The SMILES string of the molecule is CC(CN)CCN(C)c1cccnc1. The van der Waals surface area contributed by atoms with E-state index in [2.05, 4.69) is 29.9 Å². The van der Waals surface area contributed by atoms with Gasteiger partial charge in [0.2, 0.25) is 0 Å². The summed E-state index contributed by atoms with van der Waals surface area (Å²) in [6.45, 7) is 3.97. The van der Waals surface area contributed by atoms with E-state index in [1.165, 1.54) is 0 Å². The summed E-state index contributed by atoms with van der Waals surface area (Å²) in [5.41, 5.74) is 6.73. The molecule has 1 unspecified atom stereocenters. The van der Waals surface area contributed by atoms with Crippen molar-refractivity contribution >= 4 is 5.69 Å². The highest BCUT2D eigenvalue weighted by molar-refractivity contribution is 5.42. The molecule has 0 aliphatic heterocycles. The Labute approximate surface area is 85.9 Å². The van der Waals surface area contributed by atoms with Gasteiger partial charge in [0.15, 0.2) is 0 Å². The van der Waals surface area contributed by atoms with Crippen LogP contribution in [0.25, 0.3) is 0 Å². The zero-order valence-corrected chi connectivity index (χ0v) is 8.98. The quantitative estimate of drug-likeness (QED) is 0.770. The highest BCUT2D eigenvalue weighted by Crippen LogP contribution is 2.11. The van der Waals surface area contributed by atoms with E-state index in [0.29, 0.717) is 5.92 Å². The van der Waals surface area contributed by atoms with Crippen molar-refractivity contribution in [3.05, 3.63) is 24.5 Å². The van der Waals surface area contributed by atoms with Crippen molar-refractivity contribution in [1.29, 1.82) is 0 Å². The Bertz CT molecular complexity index is 248. The average molecular weight is 193 g/mol. The maximum absolute atomic E-state index is 5.57. The molecule has 1 rings (SSSR count). The largest absolute Gasteiger partial charge is 0.373 e. The minimum Gasteiger partial charge on any atom is -0.373 e. The van der Waals surface area contributed by atoms with Crippen LogP contribution in [-0.4, -0.2) is 25.1 Å². The Hall–Kier alpha value is -1.09. The van der Waals surface area contributed by atoms with Crippen molar-refractivity contribution in [3.63, 3.8) is 0 Å². The molecule has 3 nitrogen and oxygen atoms in total. The number of pyridine rings is 1. The predicted octanol–water partition coefficient (Wildman–Crippen LogP) is 1.50.